The molecule has 4 nitrogen and oxygen atoms in total. The summed E-state index contributed by atoms with van der Waals surface area (Å²) in [6.45, 7) is 2.78. The molecule has 0 aliphatic heterocycles. The number of thioether (sulfide) groups is 1. The van der Waals surface area contributed by atoms with Crippen molar-refractivity contribution in [3.8, 4) is 0 Å². The van der Waals surface area contributed by atoms with Crippen LogP contribution in [0.5, 0.6) is 0 Å². The van der Waals surface area contributed by atoms with Gasteiger partial charge in [0.1, 0.15) is 4.88 Å². The number of carboxylic acid groups (broad SMARTS) is 1. The molecule has 1 aromatic rings. The van der Waals surface area contributed by atoms with E-state index in [4.69, 9.17) is 9.84 Å². The molecule has 16 heavy (non-hydrogen) atoms. The van der Waals surface area contributed by atoms with Gasteiger partial charge in [-0.15, -0.1) is 23.1 Å². The van der Waals surface area contributed by atoms with Crippen molar-refractivity contribution < 1.29 is 19.7 Å². The van der Waals surface area contributed by atoms with Crippen LogP contribution in [0.2, 0.25) is 0 Å². The standard InChI is InChI=1S/C10H14O4S2/c1-2-14-4-7(11)5-15-8-3-9(10(12)13)16-6-8/h3,6-7,11H,2,4-5H2,1H3,(H,12,13). The lowest BCUT2D eigenvalue weighted by Crippen LogP contribution is -2.17. The molecule has 0 spiro atoms. The van der Waals surface area contributed by atoms with Crippen LogP contribution in [0.3, 0.4) is 0 Å². The van der Waals surface area contributed by atoms with Crippen LogP contribution in [0.1, 0.15) is 16.6 Å². The van der Waals surface area contributed by atoms with Gasteiger partial charge >= 0.3 is 5.97 Å². The van der Waals surface area contributed by atoms with E-state index in [1.165, 1.54) is 23.1 Å². The van der Waals surface area contributed by atoms with E-state index >= 15 is 0 Å². The molecule has 0 aliphatic carbocycles. The molecular weight excluding hydrogens is 248 g/mol. The molecule has 2 N–H and O–H groups in total. The third-order valence-corrected chi connectivity index (χ3v) is 3.93. The first-order valence-electron chi connectivity index (χ1n) is 4.84. The van der Waals surface area contributed by atoms with Crippen LogP contribution >= 0.6 is 23.1 Å². The van der Waals surface area contributed by atoms with Gasteiger partial charge in [0, 0.05) is 22.6 Å². The maximum atomic E-state index is 10.6. The fourth-order valence-corrected chi connectivity index (χ4v) is 2.78. The van der Waals surface area contributed by atoms with E-state index in [0.717, 1.165) is 4.90 Å². The van der Waals surface area contributed by atoms with Crippen molar-refractivity contribution in [1.29, 1.82) is 0 Å². The molecule has 0 bridgehead atoms. The van der Waals surface area contributed by atoms with E-state index in [1.54, 1.807) is 11.4 Å². The number of carbonyl (C=O) groups is 1. The zero-order valence-electron chi connectivity index (χ0n) is 8.88. The lowest BCUT2D eigenvalue weighted by Gasteiger charge is -2.08. The molecule has 0 saturated carbocycles. The summed E-state index contributed by atoms with van der Waals surface area (Å²) in [4.78, 5) is 11.8. The Morgan fingerprint density at radius 1 is 1.69 bits per heavy atom. The summed E-state index contributed by atoms with van der Waals surface area (Å²) in [6, 6.07) is 1.62. The normalized spacial score (nSPS) is 12.6. The van der Waals surface area contributed by atoms with Crippen molar-refractivity contribution in [2.24, 2.45) is 0 Å². The highest BCUT2D eigenvalue weighted by Crippen LogP contribution is 2.25. The first-order valence-corrected chi connectivity index (χ1v) is 6.70. The first-order chi connectivity index (χ1) is 7.63. The van der Waals surface area contributed by atoms with Crippen LogP contribution in [0, 0.1) is 0 Å². The molecule has 0 saturated heterocycles. The number of rotatable bonds is 7. The summed E-state index contributed by atoms with van der Waals surface area (Å²) < 4.78 is 5.07. The Morgan fingerprint density at radius 3 is 3.00 bits per heavy atom. The van der Waals surface area contributed by atoms with E-state index < -0.39 is 12.1 Å². The van der Waals surface area contributed by atoms with Crippen LogP contribution in [0.25, 0.3) is 0 Å². The van der Waals surface area contributed by atoms with Gasteiger partial charge in [0.25, 0.3) is 0 Å². The fourth-order valence-electron chi connectivity index (χ4n) is 1.00. The minimum absolute atomic E-state index is 0.319. The van der Waals surface area contributed by atoms with Crippen molar-refractivity contribution >= 4 is 29.1 Å². The van der Waals surface area contributed by atoms with E-state index in [0.29, 0.717) is 23.8 Å². The van der Waals surface area contributed by atoms with Gasteiger partial charge in [0.05, 0.1) is 12.7 Å². The van der Waals surface area contributed by atoms with E-state index in [9.17, 15) is 9.90 Å². The van der Waals surface area contributed by atoms with Crippen LogP contribution in [0.15, 0.2) is 16.3 Å². The van der Waals surface area contributed by atoms with Gasteiger partial charge in [0.2, 0.25) is 0 Å². The van der Waals surface area contributed by atoms with Gasteiger partial charge < -0.3 is 14.9 Å². The molecule has 1 heterocycles. The summed E-state index contributed by atoms with van der Waals surface area (Å²) in [7, 11) is 0. The summed E-state index contributed by atoms with van der Waals surface area (Å²) in [5, 5.41) is 20.0. The van der Waals surface area contributed by atoms with Crippen LogP contribution in [-0.4, -0.2) is 41.3 Å². The molecule has 0 aromatic carbocycles. The van der Waals surface area contributed by atoms with Crippen molar-refractivity contribution in [1.82, 2.24) is 0 Å². The Morgan fingerprint density at radius 2 is 2.44 bits per heavy atom. The average molecular weight is 262 g/mol. The van der Waals surface area contributed by atoms with Crippen LogP contribution in [0.4, 0.5) is 0 Å². The Labute approximate surface area is 102 Å². The SMILES string of the molecule is CCOCC(O)CSc1csc(C(=O)O)c1. The summed E-state index contributed by atoms with van der Waals surface area (Å²) in [5.74, 6) is -0.401. The fraction of sp³-hybridized carbons (Fsp3) is 0.500. The molecule has 6 heteroatoms. The number of hydrogen-bond acceptors (Lipinski definition) is 5. The maximum Gasteiger partial charge on any atom is 0.345 e. The molecule has 1 unspecified atom stereocenters. The largest absolute Gasteiger partial charge is 0.477 e. The molecule has 0 aliphatic rings. The van der Waals surface area contributed by atoms with Gasteiger partial charge in [-0.05, 0) is 13.0 Å². The molecular formula is C10H14O4S2. The highest BCUT2D eigenvalue weighted by atomic mass is 32.2. The molecule has 0 fully saturated rings. The summed E-state index contributed by atoms with van der Waals surface area (Å²) in [5.41, 5.74) is 0. The maximum absolute atomic E-state index is 10.6. The lowest BCUT2D eigenvalue weighted by atomic mass is 10.4. The van der Waals surface area contributed by atoms with Gasteiger partial charge in [-0.25, -0.2) is 4.79 Å². The number of carboxylic acids is 1. The quantitative estimate of drug-likeness (QED) is 0.735. The van der Waals surface area contributed by atoms with Gasteiger partial charge in [0.15, 0.2) is 0 Å². The highest BCUT2D eigenvalue weighted by molar-refractivity contribution is 7.99. The minimum atomic E-state index is -0.910. The second kappa shape index (κ2) is 6.90. The van der Waals surface area contributed by atoms with E-state index in [-0.39, 0.29) is 0 Å². The molecule has 1 aromatic heterocycles. The van der Waals surface area contributed by atoms with Crippen molar-refractivity contribution in [2.75, 3.05) is 19.0 Å². The average Bonchev–Trinajstić information content (AvgIpc) is 2.72. The summed E-state index contributed by atoms with van der Waals surface area (Å²) >= 11 is 2.63. The second-order valence-corrected chi connectivity index (χ2v) is 5.08. The van der Waals surface area contributed by atoms with Crippen molar-refractivity contribution in [3.63, 3.8) is 0 Å². The van der Waals surface area contributed by atoms with Crippen LogP contribution in [-0.2, 0) is 4.74 Å². The predicted molar refractivity (Wildman–Crippen MR) is 64.5 cm³/mol. The zero-order valence-corrected chi connectivity index (χ0v) is 10.5. The topological polar surface area (TPSA) is 66.8 Å². The second-order valence-electron chi connectivity index (χ2n) is 3.08. The first kappa shape index (κ1) is 13.5. The number of aliphatic hydroxyl groups is 1. The summed E-state index contributed by atoms with van der Waals surface area (Å²) in [6.07, 6.45) is -0.516. The Hall–Kier alpha value is -0.560. The molecule has 1 atom stereocenters. The van der Waals surface area contributed by atoms with Crippen LogP contribution < -0.4 is 0 Å². The van der Waals surface area contributed by atoms with E-state index in [2.05, 4.69) is 0 Å². The lowest BCUT2D eigenvalue weighted by molar-refractivity contribution is 0.0551. The molecule has 0 radical (unpaired) electrons. The number of thiophene rings is 1. The number of hydrogen-bond donors (Lipinski definition) is 2. The van der Waals surface area contributed by atoms with Gasteiger partial charge in [-0.1, -0.05) is 0 Å². The number of aromatic carboxylic acids is 1. The van der Waals surface area contributed by atoms with Gasteiger partial charge in [-0.2, -0.15) is 0 Å². The Balaban J connectivity index is 2.33. The Kier molecular flexibility index (Phi) is 5.83. The monoisotopic (exact) mass is 262 g/mol. The predicted octanol–water partition coefficient (Wildman–Crippen LogP) is 1.94. The van der Waals surface area contributed by atoms with E-state index in [1.807, 2.05) is 6.92 Å². The zero-order chi connectivity index (χ0) is 12.0. The van der Waals surface area contributed by atoms with Gasteiger partial charge in [-0.3, -0.25) is 0 Å². The number of aliphatic hydroxyl groups excluding tert-OH is 1. The number of ether oxygens (including phenoxy) is 1. The smallest absolute Gasteiger partial charge is 0.345 e. The molecule has 1 rings (SSSR count). The molecule has 0 amide bonds. The minimum Gasteiger partial charge on any atom is -0.477 e. The highest BCUT2D eigenvalue weighted by Gasteiger charge is 2.09. The Bertz CT molecular complexity index is 337. The third-order valence-electron chi connectivity index (χ3n) is 1.74. The van der Waals surface area contributed by atoms with Crippen molar-refractivity contribution in [2.45, 2.75) is 17.9 Å². The third kappa shape index (κ3) is 4.52. The molecule has 90 valence electrons. The van der Waals surface area contributed by atoms with Crippen molar-refractivity contribution in [3.05, 3.63) is 16.3 Å².